The molecule has 0 spiro atoms. The van der Waals surface area contributed by atoms with Crippen LogP contribution < -0.4 is 0 Å². The van der Waals surface area contributed by atoms with Crippen LogP contribution in [0.25, 0.3) is 0 Å². The largest absolute Gasteiger partial charge is 4.00 e. The molecule has 67 heavy (non-hydrogen) atoms. The number of unbranched alkanes of at least 4 members (excludes halogenated alkanes) is 27. The molecule has 0 heterocycles. The van der Waals surface area contributed by atoms with E-state index in [1.807, 2.05) is 56.7 Å². The van der Waals surface area contributed by atoms with Crippen molar-refractivity contribution >= 4 is 33.2 Å². The van der Waals surface area contributed by atoms with Crippen LogP contribution >= 0.6 is 0 Å². The first-order chi connectivity index (χ1) is 32.1. The number of benzene rings is 3. The number of aryl methyl sites for hydroxylation is 3. The fourth-order valence-corrected chi connectivity index (χ4v) is 8.83. The molecule has 0 aliphatic rings. The molecule has 0 radical (unpaired) electrons. The Kier molecular flexibility index (Phi) is 51.7. The van der Waals surface area contributed by atoms with E-state index in [0.29, 0.717) is 14.7 Å². The molecule has 3 unspecified atom stereocenters. The minimum Gasteiger partial charge on any atom is -0.768 e. The van der Waals surface area contributed by atoms with Crippen LogP contribution in [0.5, 0.6) is 0 Å². The van der Waals surface area contributed by atoms with Crippen LogP contribution in [-0.2, 0) is 74.2 Å². The van der Waals surface area contributed by atoms with Gasteiger partial charge in [-0.05, 0) is 125 Å². The van der Waals surface area contributed by atoms with Gasteiger partial charge in [-0.1, -0.05) is 231 Å². The van der Waals surface area contributed by atoms with Crippen molar-refractivity contribution in [2.24, 2.45) is 0 Å². The van der Waals surface area contributed by atoms with Gasteiger partial charge >= 0.3 is 21.7 Å². The van der Waals surface area contributed by atoms with E-state index in [1.165, 1.54) is 209 Å². The molecule has 0 saturated carbocycles. The van der Waals surface area contributed by atoms with Crippen molar-refractivity contribution in [1.29, 1.82) is 0 Å². The zero-order valence-electron chi connectivity index (χ0n) is 43.0. The van der Waals surface area contributed by atoms with E-state index in [9.17, 15) is 26.3 Å². The maximum Gasteiger partial charge on any atom is 4.00 e. The van der Waals surface area contributed by atoms with Gasteiger partial charge in [-0.2, -0.15) is 13.8 Å². The SMILES string of the molecule is CCCCCCCCCCCCc1ccc(S(=O)[O-])cc1.CCCCCCCCCCCCc1ccc(S(=O)[O-])cc1.CCCCCCCCCCCCc1ccc(S(=O)[O-])cc1.C[CH-]C.[Ti+4]. The van der Waals surface area contributed by atoms with Crippen molar-refractivity contribution < 1.29 is 48.0 Å². The molecular weight excluding hydrogens is 925 g/mol. The minimum atomic E-state index is -2.10. The Hall–Kier alpha value is -1.30. The van der Waals surface area contributed by atoms with E-state index >= 15 is 0 Å². The van der Waals surface area contributed by atoms with Gasteiger partial charge in [0.05, 0.1) is 0 Å². The third-order valence-electron chi connectivity index (χ3n) is 11.8. The molecule has 0 aliphatic carbocycles. The summed E-state index contributed by atoms with van der Waals surface area (Å²) in [4.78, 5) is 1.13. The van der Waals surface area contributed by atoms with E-state index in [1.54, 1.807) is 36.4 Å². The molecule has 0 saturated heterocycles. The topological polar surface area (TPSA) is 120 Å². The Bertz CT molecular complexity index is 1370. The molecule has 3 rings (SSSR count). The molecule has 0 aromatic heterocycles. The van der Waals surface area contributed by atoms with Gasteiger partial charge in [0, 0.05) is 14.7 Å². The van der Waals surface area contributed by atoms with Gasteiger partial charge in [0.25, 0.3) is 0 Å². The van der Waals surface area contributed by atoms with Crippen molar-refractivity contribution in [2.45, 2.75) is 261 Å². The Labute approximate surface area is 435 Å². The van der Waals surface area contributed by atoms with Crippen LogP contribution in [0.15, 0.2) is 87.5 Å². The Balaban J connectivity index is 0. The Morgan fingerprint density at radius 1 is 0.313 bits per heavy atom. The molecule has 0 fully saturated rings. The van der Waals surface area contributed by atoms with Gasteiger partial charge in [-0.15, -0.1) is 0 Å². The second kappa shape index (κ2) is 51.1. The summed E-state index contributed by atoms with van der Waals surface area (Å²) in [6.07, 6.45) is 45.6. The zero-order chi connectivity index (χ0) is 48.7. The van der Waals surface area contributed by atoms with Crippen LogP contribution in [0.1, 0.15) is 244 Å². The molecule has 0 N–H and O–H groups in total. The summed E-state index contributed by atoms with van der Waals surface area (Å²) >= 11 is -6.31. The van der Waals surface area contributed by atoms with E-state index < -0.39 is 33.2 Å². The molecule has 10 heteroatoms. The molecule has 6 nitrogen and oxygen atoms in total. The molecule has 0 aliphatic heterocycles. The average Bonchev–Trinajstić information content (AvgIpc) is 3.32. The standard InChI is InChI=1S/3C18H30O2S.C3H7.Ti/c3*1-2-3-4-5-6-7-8-9-10-11-12-17-13-15-18(16-14-17)21(19)20;1-3-2;/h3*13-16H,2-12H2,1H3,(H,19,20);3H,1-2H3;/q;;;-1;+4/p-3. The zero-order valence-corrected chi connectivity index (χ0v) is 47.0. The first-order valence-electron chi connectivity index (χ1n) is 26.4. The molecule has 0 amide bonds. The summed E-state index contributed by atoms with van der Waals surface area (Å²) in [6.45, 7) is 10.8. The summed E-state index contributed by atoms with van der Waals surface area (Å²) in [6, 6.07) is 21.7. The molecular formula is C57H94O6S3Ti. The van der Waals surface area contributed by atoms with Crippen molar-refractivity contribution in [3.05, 3.63) is 95.9 Å². The first-order valence-corrected chi connectivity index (χ1v) is 29.6. The summed E-state index contributed by atoms with van der Waals surface area (Å²) in [5.41, 5.74) is 3.72. The fraction of sp³-hybridized carbons (Fsp3) is 0.667. The summed E-state index contributed by atoms with van der Waals surface area (Å²) in [7, 11) is 0. The van der Waals surface area contributed by atoms with Crippen LogP contribution in [0.3, 0.4) is 0 Å². The second-order valence-electron chi connectivity index (χ2n) is 18.0. The van der Waals surface area contributed by atoms with Crippen LogP contribution in [0, 0.1) is 6.42 Å². The average molecular weight is 1020 g/mol. The summed E-state index contributed by atoms with van der Waals surface area (Å²) < 4.78 is 64.5. The second-order valence-corrected chi connectivity index (χ2v) is 20.8. The molecule has 0 bridgehead atoms. The van der Waals surface area contributed by atoms with Crippen molar-refractivity contribution in [3.63, 3.8) is 0 Å². The van der Waals surface area contributed by atoms with E-state index in [0.717, 1.165) is 19.3 Å². The fourth-order valence-electron chi connectivity index (χ4n) is 7.75. The van der Waals surface area contributed by atoms with Gasteiger partial charge < -0.3 is 20.1 Å². The predicted octanol–water partition coefficient (Wildman–Crippen LogP) is 17.4. The maximum absolute atomic E-state index is 10.8. The van der Waals surface area contributed by atoms with Crippen LogP contribution in [0.4, 0.5) is 0 Å². The monoisotopic (exact) mass is 1020 g/mol. The first kappa shape index (κ1) is 67.8. The van der Waals surface area contributed by atoms with Crippen molar-refractivity contribution in [2.75, 3.05) is 0 Å². The van der Waals surface area contributed by atoms with Crippen LogP contribution in [0.2, 0.25) is 0 Å². The minimum absolute atomic E-state index is 0. The van der Waals surface area contributed by atoms with Gasteiger partial charge in [0.2, 0.25) is 0 Å². The number of hydrogen-bond acceptors (Lipinski definition) is 6. The third-order valence-corrected chi connectivity index (χ3v) is 13.8. The van der Waals surface area contributed by atoms with Gasteiger partial charge in [0.1, 0.15) is 0 Å². The smallest absolute Gasteiger partial charge is 0.768 e. The van der Waals surface area contributed by atoms with Crippen LogP contribution in [-0.4, -0.2) is 26.3 Å². The number of hydrogen-bond donors (Lipinski definition) is 0. The normalized spacial score (nSPS) is 12.0. The number of rotatable bonds is 36. The molecule has 3 aromatic rings. The van der Waals surface area contributed by atoms with E-state index in [4.69, 9.17) is 0 Å². The van der Waals surface area contributed by atoms with Gasteiger partial charge in [-0.25, -0.2) is 0 Å². The van der Waals surface area contributed by atoms with Crippen molar-refractivity contribution in [1.82, 2.24) is 0 Å². The van der Waals surface area contributed by atoms with Gasteiger partial charge in [-0.3, -0.25) is 12.6 Å². The van der Waals surface area contributed by atoms with E-state index in [-0.39, 0.29) is 21.7 Å². The Morgan fingerprint density at radius 2 is 0.463 bits per heavy atom. The van der Waals surface area contributed by atoms with E-state index in [2.05, 4.69) is 20.8 Å². The summed E-state index contributed by atoms with van der Waals surface area (Å²) in [5, 5.41) is 0. The van der Waals surface area contributed by atoms with Crippen molar-refractivity contribution in [3.8, 4) is 0 Å². The summed E-state index contributed by atoms with van der Waals surface area (Å²) in [5.74, 6) is 0. The third kappa shape index (κ3) is 43.2. The molecule has 3 aromatic carbocycles. The quantitative estimate of drug-likeness (QED) is 0.0248. The molecule has 3 atom stereocenters. The maximum atomic E-state index is 10.8. The van der Waals surface area contributed by atoms with Gasteiger partial charge in [0.15, 0.2) is 0 Å². The molecule has 380 valence electrons. The predicted molar refractivity (Wildman–Crippen MR) is 283 cm³/mol. The Morgan fingerprint density at radius 3 is 0.612 bits per heavy atom.